The van der Waals surface area contributed by atoms with Crippen molar-refractivity contribution in [1.82, 2.24) is 9.97 Å². The van der Waals surface area contributed by atoms with Crippen LogP contribution in [-0.2, 0) is 0 Å². The lowest BCUT2D eigenvalue weighted by Crippen LogP contribution is -2.06. The van der Waals surface area contributed by atoms with Crippen LogP contribution in [0.4, 0.5) is 5.95 Å². The lowest BCUT2D eigenvalue weighted by molar-refractivity contribution is 0.305. The van der Waals surface area contributed by atoms with Crippen molar-refractivity contribution in [1.29, 1.82) is 0 Å². The van der Waals surface area contributed by atoms with Gasteiger partial charge < -0.3 is 10.1 Å². The molecule has 0 bridgehead atoms. The van der Waals surface area contributed by atoms with Gasteiger partial charge in [-0.1, -0.05) is 25.1 Å². The van der Waals surface area contributed by atoms with Crippen LogP contribution in [0.25, 0.3) is 0 Å². The first-order valence-electron chi connectivity index (χ1n) is 4.75. The smallest absolute Gasteiger partial charge is 0.226 e. The molecule has 0 saturated heterocycles. The fourth-order valence-electron chi connectivity index (χ4n) is 0.889. The summed E-state index contributed by atoms with van der Waals surface area (Å²) in [5.41, 5.74) is 0. The second-order valence-corrected chi connectivity index (χ2v) is 3.47. The van der Waals surface area contributed by atoms with Gasteiger partial charge in [0.1, 0.15) is 0 Å². The van der Waals surface area contributed by atoms with Gasteiger partial charge in [0.25, 0.3) is 0 Å². The Labute approximate surface area is 94.3 Å². The number of halogens is 1. The Hall–Kier alpha value is -1.29. The van der Waals surface area contributed by atoms with E-state index in [2.05, 4.69) is 21.9 Å². The molecule has 82 valence electrons. The lowest BCUT2D eigenvalue weighted by atomic mass is 10.5. The Morgan fingerprint density at radius 3 is 3.13 bits per heavy atom. The number of nitrogens with zero attached hydrogens (tertiary/aromatic N) is 2. The van der Waals surface area contributed by atoms with Gasteiger partial charge in [-0.05, 0) is 6.42 Å². The highest BCUT2D eigenvalue weighted by Crippen LogP contribution is 2.09. The molecule has 0 saturated carbocycles. The minimum atomic E-state index is 0.443. The van der Waals surface area contributed by atoms with Gasteiger partial charge in [0.15, 0.2) is 0 Å². The molecule has 0 aliphatic heterocycles. The largest absolute Gasteiger partial charge is 0.478 e. The average Bonchev–Trinajstić information content (AvgIpc) is 2.24. The topological polar surface area (TPSA) is 47.0 Å². The second kappa shape index (κ2) is 6.24. The molecule has 1 aromatic rings. The summed E-state index contributed by atoms with van der Waals surface area (Å²) in [6.45, 7) is 6.69. The summed E-state index contributed by atoms with van der Waals surface area (Å²) >= 11 is 5.61. The number of ether oxygens (including phenoxy) is 1. The minimum Gasteiger partial charge on any atom is -0.478 e. The number of hydrogen-bond acceptors (Lipinski definition) is 4. The van der Waals surface area contributed by atoms with Crippen LogP contribution in [-0.4, -0.2) is 23.1 Å². The molecule has 15 heavy (non-hydrogen) atoms. The molecular weight excluding hydrogens is 214 g/mol. The summed E-state index contributed by atoms with van der Waals surface area (Å²) in [5.74, 6) is 1.06. The molecule has 1 rings (SSSR count). The van der Waals surface area contributed by atoms with E-state index in [9.17, 15) is 0 Å². The third kappa shape index (κ3) is 4.65. The summed E-state index contributed by atoms with van der Waals surface area (Å²) in [7, 11) is 0. The summed E-state index contributed by atoms with van der Waals surface area (Å²) < 4.78 is 5.36. The van der Waals surface area contributed by atoms with Gasteiger partial charge in [-0.25, -0.2) is 4.98 Å². The maximum absolute atomic E-state index is 5.61. The first-order chi connectivity index (χ1) is 7.22. The van der Waals surface area contributed by atoms with E-state index in [1.807, 2.05) is 6.92 Å². The molecule has 0 amide bonds. The Kier molecular flexibility index (Phi) is 4.90. The summed E-state index contributed by atoms with van der Waals surface area (Å²) in [6.07, 6.45) is 2.59. The van der Waals surface area contributed by atoms with E-state index in [0.717, 1.165) is 6.42 Å². The zero-order valence-corrected chi connectivity index (χ0v) is 9.42. The maximum Gasteiger partial charge on any atom is 0.226 e. The van der Waals surface area contributed by atoms with Crippen molar-refractivity contribution in [2.24, 2.45) is 0 Å². The Bertz CT molecular complexity index is 330. The number of nitrogens with one attached hydrogen (secondary N) is 1. The highest BCUT2D eigenvalue weighted by molar-refractivity contribution is 6.29. The Balaban J connectivity index is 2.53. The monoisotopic (exact) mass is 227 g/mol. The molecule has 0 aliphatic carbocycles. The first kappa shape index (κ1) is 11.8. The zero-order valence-electron chi connectivity index (χ0n) is 8.66. The number of hydrogen-bond donors (Lipinski definition) is 1. The Morgan fingerprint density at radius 2 is 2.47 bits per heavy atom. The fourth-order valence-corrected chi connectivity index (χ4v) is 0.956. The van der Waals surface area contributed by atoms with Crippen LogP contribution in [0, 0.1) is 0 Å². The number of aromatic nitrogens is 2. The predicted molar refractivity (Wildman–Crippen MR) is 61.3 cm³/mol. The fraction of sp³-hybridized carbons (Fsp3) is 0.400. The molecule has 0 fully saturated rings. The van der Waals surface area contributed by atoms with E-state index >= 15 is 0 Å². The average molecular weight is 228 g/mol. The molecule has 1 N–H and O–H groups in total. The SMILES string of the molecule is C=C(Cl)CNc1nccc(OCCC)n1. The van der Waals surface area contributed by atoms with Gasteiger partial charge in [-0.3, -0.25) is 0 Å². The van der Waals surface area contributed by atoms with Gasteiger partial charge in [0.2, 0.25) is 11.8 Å². The maximum atomic E-state index is 5.61. The third-order valence-electron chi connectivity index (χ3n) is 1.52. The molecule has 0 unspecified atom stereocenters. The van der Waals surface area contributed by atoms with Gasteiger partial charge in [-0.15, -0.1) is 0 Å². The van der Waals surface area contributed by atoms with E-state index in [4.69, 9.17) is 16.3 Å². The lowest BCUT2D eigenvalue weighted by Gasteiger charge is -2.06. The molecule has 5 heteroatoms. The molecule has 0 spiro atoms. The van der Waals surface area contributed by atoms with Crippen molar-refractivity contribution >= 4 is 17.5 Å². The number of anilines is 1. The van der Waals surface area contributed by atoms with Crippen LogP contribution in [0.5, 0.6) is 5.88 Å². The van der Waals surface area contributed by atoms with Crippen LogP contribution in [0.15, 0.2) is 23.9 Å². The zero-order chi connectivity index (χ0) is 11.1. The van der Waals surface area contributed by atoms with Crippen molar-refractivity contribution < 1.29 is 4.74 Å². The van der Waals surface area contributed by atoms with Crippen LogP contribution in [0.3, 0.4) is 0 Å². The van der Waals surface area contributed by atoms with Crippen molar-refractivity contribution in [2.45, 2.75) is 13.3 Å². The van der Waals surface area contributed by atoms with Gasteiger partial charge in [-0.2, -0.15) is 4.98 Å². The summed E-state index contributed by atoms with van der Waals surface area (Å²) in [4.78, 5) is 8.16. The molecule has 0 aromatic carbocycles. The van der Waals surface area contributed by atoms with Gasteiger partial charge >= 0.3 is 0 Å². The van der Waals surface area contributed by atoms with Crippen molar-refractivity contribution in [3.8, 4) is 5.88 Å². The Morgan fingerprint density at radius 1 is 1.67 bits per heavy atom. The highest BCUT2D eigenvalue weighted by Gasteiger charge is 1.99. The number of rotatable bonds is 6. The van der Waals surface area contributed by atoms with E-state index in [1.165, 1.54) is 0 Å². The molecule has 1 heterocycles. The predicted octanol–water partition coefficient (Wildman–Crippen LogP) is 2.43. The van der Waals surface area contributed by atoms with E-state index in [0.29, 0.717) is 30.0 Å². The highest BCUT2D eigenvalue weighted by atomic mass is 35.5. The van der Waals surface area contributed by atoms with E-state index in [1.54, 1.807) is 12.3 Å². The van der Waals surface area contributed by atoms with Crippen LogP contribution < -0.4 is 10.1 Å². The van der Waals surface area contributed by atoms with Crippen molar-refractivity contribution in [2.75, 3.05) is 18.5 Å². The molecule has 4 nitrogen and oxygen atoms in total. The molecule has 0 atom stereocenters. The first-order valence-corrected chi connectivity index (χ1v) is 5.13. The quantitative estimate of drug-likeness (QED) is 0.811. The summed E-state index contributed by atoms with van der Waals surface area (Å²) in [6, 6.07) is 1.72. The van der Waals surface area contributed by atoms with E-state index in [-0.39, 0.29) is 0 Å². The molecule has 0 radical (unpaired) electrons. The van der Waals surface area contributed by atoms with Crippen molar-refractivity contribution in [3.05, 3.63) is 23.9 Å². The van der Waals surface area contributed by atoms with Gasteiger partial charge in [0, 0.05) is 17.3 Å². The second-order valence-electron chi connectivity index (χ2n) is 2.94. The van der Waals surface area contributed by atoms with Crippen LogP contribution in [0.1, 0.15) is 13.3 Å². The molecule has 1 aromatic heterocycles. The third-order valence-corrected chi connectivity index (χ3v) is 1.66. The minimum absolute atomic E-state index is 0.443. The standard InChI is InChI=1S/C10H14ClN3O/c1-3-6-15-9-4-5-12-10(14-9)13-7-8(2)11/h4-5H,2-3,6-7H2,1H3,(H,12,13,14). The van der Waals surface area contributed by atoms with E-state index < -0.39 is 0 Å². The van der Waals surface area contributed by atoms with Crippen molar-refractivity contribution in [3.63, 3.8) is 0 Å². The van der Waals surface area contributed by atoms with Gasteiger partial charge in [0.05, 0.1) is 13.2 Å². The van der Waals surface area contributed by atoms with Crippen LogP contribution in [0.2, 0.25) is 0 Å². The normalized spacial score (nSPS) is 9.73. The molecule has 0 aliphatic rings. The molecular formula is C10H14ClN3O. The van der Waals surface area contributed by atoms with Crippen LogP contribution >= 0.6 is 11.6 Å². The summed E-state index contributed by atoms with van der Waals surface area (Å²) in [5, 5.41) is 3.44.